The van der Waals surface area contributed by atoms with Crippen LogP contribution in [0.4, 0.5) is 13.2 Å². The molecule has 1 amide bonds. The summed E-state index contributed by atoms with van der Waals surface area (Å²) in [6, 6.07) is 0.0700. The first-order valence-corrected chi connectivity index (χ1v) is 6.99. The number of nitrogens with zero attached hydrogens (tertiary/aromatic N) is 1. The fraction of sp³-hybridized carbons (Fsp3) is 0.923. The second-order valence-electron chi connectivity index (χ2n) is 5.57. The van der Waals surface area contributed by atoms with Gasteiger partial charge in [-0.3, -0.25) is 9.69 Å². The summed E-state index contributed by atoms with van der Waals surface area (Å²) < 4.78 is 37.0. The number of aliphatic hydroxyl groups is 1. The molecule has 0 heterocycles. The Hall–Kier alpha value is -0.820. The Kier molecular flexibility index (Phi) is 6.75. The van der Waals surface area contributed by atoms with Crippen LogP contribution in [0, 0.1) is 5.92 Å². The summed E-state index contributed by atoms with van der Waals surface area (Å²) in [5, 5.41) is 11.5. The summed E-state index contributed by atoms with van der Waals surface area (Å²) in [6.45, 7) is 0.0953. The summed E-state index contributed by atoms with van der Waals surface area (Å²) in [4.78, 5) is 12.7. The zero-order valence-corrected chi connectivity index (χ0v) is 11.7. The number of rotatable bonds is 6. The van der Waals surface area contributed by atoms with Gasteiger partial charge in [0.2, 0.25) is 5.91 Å². The summed E-state index contributed by atoms with van der Waals surface area (Å²) in [5.41, 5.74) is 0. The van der Waals surface area contributed by atoms with Crippen molar-refractivity contribution in [3.05, 3.63) is 0 Å². The topological polar surface area (TPSA) is 52.6 Å². The van der Waals surface area contributed by atoms with Crippen LogP contribution in [-0.4, -0.2) is 54.4 Å². The lowest BCUT2D eigenvalue weighted by Gasteiger charge is -2.28. The first-order chi connectivity index (χ1) is 9.30. The average molecular weight is 296 g/mol. The Labute approximate surface area is 117 Å². The lowest BCUT2D eigenvalue weighted by molar-refractivity contribution is -0.149. The maximum Gasteiger partial charge on any atom is 0.401 e. The smallest absolute Gasteiger partial charge is 0.395 e. The van der Waals surface area contributed by atoms with Gasteiger partial charge in [0.25, 0.3) is 0 Å². The molecule has 0 aromatic heterocycles. The quantitative estimate of drug-likeness (QED) is 0.782. The number of carbonyl (C=O) groups is 1. The molecule has 0 bridgehead atoms. The van der Waals surface area contributed by atoms with Crippen LogP contribution in [0.1, 0.15) is 32.6 Å². The Bertz CT molecular complexity index is 302. The maximum absolute atomic E-state index is 12.3. The van der Waals surface area contributed by atoms with Crippen LogP contribution in [0.3, 0.4) is 0 Å². The molecule has 0 saturated heterocycles. The van der Waals surface area contributed by atoms with Crippen molar-refractivity contribution in [2.24, 2.45) is 5.92 Å². The van der Waals surface area contributed by atoms with E-state index in [0.717, 1.165) is 30.6 Å². The van der Waals surface area contributed by atoms with Crippen molar-refractivity contribution >= 4 is 5.91 Å². The Morgan fingerprint density at radius 3 is 2.40 bits per heavy atom. The van der Waals surface area contributed by atoms with Gasteiger partial charge in [0.05, 0.1) is 19.7 Å². The number of aliphatic hydroxyl groups excluding tert-OH is 1. The van der Waals surface area contributed by atoms with Gasteiger partial charge < -0.3 is 10.4 Å². The zero-order chi connectivity index (χ0) is 15.2. The minimum Gasteiger partial charge on any atom is -0.395 e. The monoisotopic (exact) mass is 296 g/mol. The lowest BCUT2D eigenvalue weighted by Crippen LogP contribution is -2.46. The van der Waals surface area contributed by atoms with E-state index in [1.165, 1.54) is 0 Å². The second-order valence-corrected chi connectivity index (χ2v) is 5.57. The van der Waals surface area contributed by atoms with Gasteiger partial charge in [-0.2, -0.15) is 13.2 Å². The molecule has 0 radical (unpaired) electrons. The summed E-state index contributed by atoms with van der Waals surface area (Å²) >= 11 is 0. The first-order valence-electron chi connectivity index (χ1n) is 6.99. The summed E-state index contributed by atoms with van der Waals surface area (Å²) in [7, 11) is 0. The molecule has 1 saturated carbocycles. The van der Waals surface area contributed by atoms with Crippen LogP contribution in [0.2, 0.25) is 0 Å². The fourth-order valence-corrected chi connectivity index (χ4v) is 2.49. The molecule has 20 heavy (non-hydrogen) atoms. The van der Waals surface area contributed by atoms with Crippen molar-refractivity contribution in [2.75, 3.05) is 26.2 Å². The van der Waals surface area contributed by atoms with Crippen molar-refractivity contribution in [3.63, 3.8) is 0 Å². The number of amides is 1. The largest absolute Gasteiger partial charge is 0.401 e. The highest BCUT2D eigenvalue weighted by atomic mass is 19.4. The summed E-state index contributed by atoms with van der Waals surface area (Å²) in [6.07, 6.45) is -0.532. The lowest BCUT2D eigenvalue weighted by atomic mass is 9.87. The third-order valence-electron chi connectivity index (χ3n) is 3.57. The highest BCUT2D eigenvalue weighted by Crippen LogP contribution is 2.23. The molecule has 0 aromatic rings. The summed E-state index contributed by atoms with van der Waals surface area (Å²) in [5.74, 6) is 0.251. The third kappa shape index (κ3) is 7.09. The highest BCUT2D eigenvalue weighted by molar-refractivity contribution is 5.78. The average Bonchev–Trinajstić information content (AvgIpc) is 2.30. The van der Waals surface area contributed by atoms with Crippen LogP contribution in [-0.2, 0) is 4.79 Å². The van der Waals surface area contributed by atoms with Gasteiger partial charge in [0.15, 0.2) is 0 Å². The van der Waals surface area contributed by atoms with Crippen molar-refractivity contribution in [1.29, 1.82) is 0 Å². The van der Waals surface area contributed by atoms with E-state index in [0.29, 0.717) is 5.92 Å². The SMILES string of the molecule is CC1CCC(NC(=O)CN(CCO)CC(F)(F)F)CC1. The van der Waals surface area contributed by atoms with Gasteiger partial charge in [-0.25, -0.2) is 0 Å². The van der Waals surface area contributed by atoms with Crippen molar-refractivity contribution in [2.45, 2.75) is 44.8 Å². The normalized spacial score (nSPS) is 23.9. The maximum atomic E-state index is 12.3. The van der Waals surface area contributed by atoms with E-state index >= 15 is 0 Å². The van der Waals surface area contributed by atoms with E-state index in [-0.39, 0.29) is 19.1 Å². The molecule has 1 aliphatic carbocycles. The number of hydrogen-bond donors (Lipinski definition) is 2. The van der Waals surface area contributed by atoms with Gasteiger partial charge in [0.1, 0.15) is 0 Å². The molecule has 1 rings (SSSR count). The van der Waals surface area contributed by atoms with E-state index in [1.54, 1.807) is 0 Å². The van der Waals surface area contributed by atoms with Gasteiger partial charge in [-0.05, 0) is 31.6 Å². The Balaban J connectivity index is 2.37. The molecule has 7 heteroatoms. The molecule has 0 unspecified atom stereocenters. The molecule has 118 valence electrons. The van der Waals surface area contributed by atoms with Crippen LogP contribution in [0.25, 0.3) is 0 Å². The minimum absolute atomic E-state index is 0.0700. The minimum atomic E-state index is -4.37. The van der Waals surface area contributed by atoms with E-state index in [9.17, 15) is 18.0 Å². The van der Waals surface area contributed by atoms with E-state index < -0.39 is 25.2 Å². The van der Waals surface area contributed by atoms with E-state index in [2.05, 4.69) is 12.2 Å². The zero-order valence-electron chi connectivity index (χ0n) is 11.7. The number of hydrogen-bond acceptors (Lipinski definition) is 3. The molecule has 0 atom stereocenters. The number of alkyl halides is 3. The van der Waals surface area contributed by atoms with Gasteiger partial charge in [-0.15, -0.1) is 0 Å². The van der Waals surface area contributed by atoms with Crippen LogP contribution in [0.15, 0.2) is 0 Å². The molecular weight excluding hydrogens is 273 g/mol. The molecule has 0 aliphatic heterocycles. The third-order valence-corrected chi connectivity index (χ3v) is 3.57. The van der Waals surface area contributed by atoms with Crippen LogP contribution in [0.5, 0.6) is 0 Å². The van der Waals surface area contributed by atoms with E-state index in [4.69, 9.17) is 5.11 Å². The van der Waals surface area contributed by atoms with Gasteiger partial charge >= 0.3 is 6.18 Å². The molecule has 1 fully saturated rings. The molecule has 1 aliphatic rings. The van der Waals surface area contributed by atoms with E-state index in [1.807, 2.05) is 0 Å². The fourth-order valence-electron chi connectivity index (χ4n) is 2.49. The van der Waals surface area contributed by atoms with Gasteiger partial charge in [0, 0.05) is 12.6 Å². The predicted octanol–water partition coefficient (Wildman–Crippen LogP) is 1.54. The molecule has 2 N–H and O–H groups in total. The van der Waals surface area contributed by atoms with Crippen molar-refractivity contribution < 1.29 is 23.1 Å². The number of halogens is 3. The Morgan fingerprint density at radius 2 is 1.90 bits per heavy atom. The van der Waals surface area contributed by atoms with Crippen molar-refractivity contribution in [3.8, 4) is 0 Å². The standard InChI is InChI=1S/C13H23F3N2O2/c1-10-2-4-11(5-3-10)17-12(20)8-18(6-7-19)9-13(14,15)16/h10-11,19H,2-9H2,1H3,(H,17,20). The molecule has 0 spiro atoms. The highest BCUT2D eigenvalue weighted by Gasteiger charge is 2.31. The van der Waals surface area contributed by atoms with Crippen molar-refractivity contribution in [1.82, 2.24) is 10.2 Å². The predicted molar refractivity (Wildman–Crippen MR) is 69.1 cm³/mol. The van der Waals surface area contributed by atoms with Crippen LogP contribution < -0.4 is 5.32 Å². The van der Waals surface area contributed by atoms with Gasteiger partial charge in [-0.1, -0.05) is 6.92 Å². The molecule has 0 aromatic carbocycles. The number of nitrogens with one attached hydrogen (secondary N) is 1. The Morgan fingerprint density at radius 1 is 1.30 bits per heavy atom. The molecule has 4 nitrogen and oxygen atoms in total. The first kappa shape index (κ1) is 17.2. The second kappa shape index (κ2) is 7.83. The van der Waals surface area contributed by atoms with Crippen LogP contribution >= 0.6 is 0 Å². The number of carbonyl (C=O) groups excluding carboxylic acids is 1. The molecular formula is C13H23F3N2O2.